The van der Waals surface area contributed by atoms with Crippen LogP contribution in [0.25, 0.3) is 22.8 Å². The molecule has 0 radical (unpaired) electrons. The number of amides is 1. The number of para-hydroxylation sites is 1. The molecule has 162 valence electrons. The zero-order valence-electron chi connectivity index (χ0n) is 17.7. The van der Waals surface area contributed by atoms with E-state index in [2.05, 4.69) is 15.5 Å². The van der Waals surface area contributed by atoms with Gasteiger partial charge in [-0.15, -0.1) is 0 Å². The van der Waals surface area contributed by atoms with Gasteiger partial charge in [0.1, 0.15) is 11.5 Å². The van der Waals surface area contributed by atoms with Crippen LogP contribution < -0.4 is 14.8 Å². The van der Waals surface area contributed by atoms with E-state index in [0.29, 0.717) is 30.6 Å². The number of benzene rings is 3. The zero-order chi connectivity index (χ0) is 22.2. The number of nitrogens with one attached hydrogen (secondary N) is 1. The Morgan fingerprint density at radius 1 is 0.906 bits per heavy atom. The zero-order valence-corrected chi connectivity index (χ0v) is 17.7. The molecule has 3 aromatic carbocycles. The van der Waals surface area contributed by atoms with Gasteiger partial charge >= 0.3 is 0 Å². The summed E-state index contributed by atoms with van der Waals surface area (Å²) in [5.74, 6) is 2.07. The van der Waals surface area contributed by atoms with Crippen molar-refractivity contribution in [2.75, 3.05) is 13.2 Å². The smallest absolute Gasteiger partial charge is 0.258 e. The predicted octanol–water partition coefficient (Wildman–Crippen LogP) is 4.50. The SMILES string of the molecule is CCOc1ccccc1CNC(=O)COc1ccc(-c2nc(-c3ccccc3)no2)cc1. The summed E-state index contributed by atoms with van der Waals surface area (Å²) in [5.41, 5.74) is 2.57. The second-order valence-electron chi connectivity index (χ2n) is 6.92. The van der Waals surface area contributed by atoms with Crippen molar-refractivity contribution in [2.45, 2.75) is 13.5 Å². The minimum absolute atomic E-state index is 0.0884. The normalized spacial score (nSPS) is 10.5. The summed E-state index contributed by atoms with van der Waals surface area (Å²) in [6, 6.07) is 24.4. The monoisotopic (exact) mass is 429 g/mol. The van der Waals surface area contributed by atoms with E-state index < -0.39 is 0 Å². The molecule has 0 saturated carbocycles. The molecule has 1 heterocycles. The maximum atomic E-state index is 12.2. The molecule has 0 spiro atoms. The van der Waals surface area contributed by atoms with Gasteiger partial charge in [-0.3, -0.25) is 4.79 Å². The molecule has 0 aliphatic carbocycles. The van der Waals surface area contributed by atoms with Gasteiger partial charge in [-0.05, 0) is 37.3 Å². The lowest BCUT2D eigenvalue weighted by Crippen LogP contribution is -2.28. The Morgan fingerprint density at radius 2 is 1.66 bits per heavy atom. The van der Waals surface area contributed by atoms with Crippen LogP contribution in [0.4, 0.5) is 0 Å². The molecule has 0 saturated heterocycles. The summed E-state index contributed by atoms with van der Waals surface area (Å²) in [6.45, 7) is 2.78. The Balaban J connectivity index is 1.30. The van der Waals surface area contributed by atoms with Gasteiger partial charge in [-0.2, -0.15) is 4.98 Å². The van der Waals surface area contributed by atoms with E-state index in [-0.39, 0.29) is 12.5 Å². The van der Waals surface area contributed by atoms with Gasteiger partial charge < -0.3 is 19.3 Å². The van der Waals surface area contributed by atoms with Crippen LogP contribution in [0.2, 0.25) is 0 Å². The Bertz CT molecular complexity index is 1160. The summed E-state index contributed by atoms with van der Waals surface area (Å²) in [4.78, 5) is 16.6. The highest BCUT2D eigenvalue weighted by molar-refractivity contribution is 5.77. The average molecular weight is 429 g/mol. The predicted molar refractivity (Wildman–Crippen MR) is 120 cm³/mol. The topological polar surface area (TPSA) is 86.5 Å². The molecule has 0 bridgehead atoms. The van der Waals surface area contributed by atoms with Crippen LogP contribution in [0.3, 0.4) is 0 Å². The number of hydrogen-bond donors (Lipinski definition) is 1. The van der Waals surface area contributed by atoms with Crippen LogP contribution in [0.1, 0.15) is 12.5 Å². The van der Waals surface area contributed by atoms with Crippen molar-refractivity contribution in [1.29, 1.82) is 0 Å². The first-order valence-corrected chi connectivity index (χ1v) is 10.3. The molecule has 1 amide bonds. The molecule has 0 aliphatic rings. The molecule has 7 heteroatoms. The largest absolute Gasteiger partial charge is 0.494 e. The Hall–Kier alpha value is -4.13. The van der Waals surface area contributed by atoms with Gasteiger partial charge in [0.2, 0.25) is 5.82 Å². The Kier molecular flexibility index (Phi) is 6.77. The number of carbonyl (C=O) groups excluding carboxylic acids is 1. The minimum Gasteiger partial charge on any atom is -0.494 e. The molecule has 4 rings (SSSR count). The molecule has 7 nitrogen and oxygen atoms in total. The third-order valence-electron chi connectivity index (χ3n) is 4.68. The van der Waals surface area contributed by atoms with Gasteiger partial charge in [0, 0.05) is 23.2 Å². The first-order chi connectivity index (χ1) is 15.7. The number of carbonyl (C=O) groups is 1. The number of nitrogens with zero attached hydrogens (tertiary/aromatic N) is 2. The molecule has 0 aliphatic heterocycles. The lowest BCUT2D eigenvalue weighted by Gasteiger charge is -2.11. The first kappa shape index (κ1) is 21.1. The van der Waals surface area contributed by atoms with Crippen molar-refractivity contribution in [3.8, 4) is 34.3 Å². The second-order valence-corrected chi connectivity index (χ2v) is 6.92. The van der Waals surface area contributed by atoms with Crippen LogP contribution in [0.15, 0.2) is 83.4 Å². The number of hydrogen-bond acceptors (Lipinski definition) is 6. The van der Waals surface area contributed by atoms with Gasteiger partial charge in [0.25, 0.3) is 11.8 Å². The molecule has 1 N–H and O–H groups in total. The van der Waals surface area contributed by atoms with Crippen molar-refractivity contribution in [3.05, 3.63) is 84.4 Å². The van der Waals surface area contributed by atoms with Crippen LogP contribution >= 0.6 is 0 Å². The lowest BCUT2D eigenvalue weighted by molar-refractivity contribution is -0.123. The van der Waals surface area contributed by atoms with Crippen molar-refractivity contribution >= 4 is 5.91 Å². The minimum atomic E-state index is -0.218. The van der Waals surface area contributed by atoms with E-state index in [1.54, 1.807) is 12.1 Å². The lowest BCUT2D eigenvalue weighted by atomic mass is 10.2. The summed E-state index contributed by atoms with van der Waals surface area (Å²) in [5, 5.41) is 6.88. The molecule has 32 heavy (non-hydrogen) atoms. The molecule has 0 unspecified atom stereocenters. The number of aromatic nitrogens is 2. The third kappa shape index (κ3) is 5.31. The highest BCUT2D eigenvalue weighted by Gasteiger charge is 2.11. The fourth-order valence-electron chi connectivity index (χ4n) is 3.08. The number of ether oxygens (including phenoxy) is 2. The van der Waals surface area contributed by atoms with Gasteiger partial charge in [-0.25, -0.2) is 0 Å². The average Bonchev–Trinajstić information content (AvgIpc) is 3.34. The fraction of sp³-hybridized carbons (Fsp3) is 0.160. The summed E-state index contributed by atoms with van der Waals surface area (Å²) in [6.07, 6.45) is 0. The van der Waals surface area contributed by atoms with Crippen molar-refractivity contribution in [2.24, 2.45) is 0 Å². The van der Waals surface area contributed by atoms with Crippen molar-refractivity contribution in [1.82, 2.24) is 15.5 Å². The van der Waals surface area contributed by atoms with Crippen LogP contribution in [-0.4, -0.2) is 29.3 Å². The first-order valence-electron chi connectivity index (χ1n) is 10.3. The van der Waals surface area contributed by atoms with Gasteiger partial charge in [0.15, 0.2) is 6.61 Å². The van der Waals surface area contributed by atoms with E-state index in [1.165, 1.54) is 0 Å². The highest BCUT2D eigenvalue weighted by Crippen LogP contribution is 2.24. The quantitative estimate of drug-likeness (QED) is 0.422. The molecule has 0 atom stereocenters. The fourth-order valence-corrected chi connectivity index (χ4v) is 3.08. The van der Waals surface area contributed by atoms with E-state index in [9.17, 15) is 4.79 Å². The second kappa shape index (κ2) is 10.3. The standard InChI is InChI=1S/C25H23N3O4/c1-2-30-22-11-7-6-10-20(22)16-26-23(29)17-31-21-14-12-19(13-15-21)25-27-24(28-32-25)18-8-4-3-5-9-18/h3-15H,2,16-17H2,1H3,(H,26,29). The van der Waals surface area contributed by atoms with Crippen LogP contribution in [0, 0.1) is 0 Å². The maximum absolute atomic E-state index is 12.2. The summed E-state index contributed by atoms with van der Waals surface area (Å²) in [7, 11) is 0. The van der Waals surface area contributed by atoms with E-state index in [1.807, 2.05) is 73.7 Å². The molecular weight excluding hydrogens is 406 g/mol. The van der Waals surface area contributed by atoms with Crippen molar-refractivity contribution < 1.29 is 18.8 Å². The molecule has 1 aromatic heterocycles. The van der Waals surface area contributed by atoms with Gasteiger partial charge in [-0.1, -0.05) is 53.7 Å². The molecular formula is C25H23N3O4. The van der Waals surface area contributed by atoms with Crippen LogP contribution in [-0.2, 0) is 11.3 Å². The maximum Gasteiger partial charge on any atom is 0.258 e. The Morgan fingerprint density at radius 3 is 2.44 bits per heavy atom. The van der Waals surface area contributed by atoms with Gasteiger partial charge in [0.05, 0.1) is 6.61 Å². The molecule has 4 aromatic rings. The van der Waals surface area contributed by atoms with E-state index >= 15 is 0 Å². The van der Waals surface area contributed by atoms with Crippen molar-refractivity contribution in [3.63, 3.8) is 0 Å². The summed E-state index contributed by atoms with van der Waals surface area (Å²) >= 11 is 0. The molecule has 0 fully saturated rings. The highest BCUT2D eigenvalue weighted by atomic mass is 16.5. The van der Waals surface area contributed by atoms with Crippen LogP contribution in [0.5, 0.6) is 11.5 Å². The van der Waals surface area contributed by atoms with E-state index in [0.717, 1.165) is 22.4 Å². The summed E-state index contributed by atoms with van der Waals surface area (Å²) < 4.78 is 16.5. The van der Waals surface area contributed by atoms with E-state index in [4.69, 9.17) is 14.0 Å². The third-order valence-corrected chi connectivity index (χ3v) is 4.68. The number of rotatable bonds is 9. The Labute approximate surface area is 186 Å².